The molecule has 1 saturated heterocycles. The summed E-state index contributed by atoms with van der Waals surface area (Å²) in [6.45, 7) is 5.44. The Hall–Kier alpha value is -3.14. The van der Waals surface area contributed by atoms with Crippen molar-refractivity contribution < 1.29 is 17.9 Å². The van der Waals surface area contributed by atoms with E-state index in [1.54, 1.807) is 18.2 Å². The van der Waals surface area contributed by atoms with Gasteiger partial charge in [0.25, 0.3) is 5.91 Å². The lowest BCUT2D eigenvalue weighted by molar-refractivity contribution is 0.0633. The Kier molecular flexibility index (Phi) is 5.57. The summed E-state index contributed by atoms with van der Waals surface area (Å²) in [6, 6.07) is 8.67. The molecule has 4 rings (SSSR count). The Morgan fingerprint density at radius 3 is 2.77 bits per heavy atom. The smallest absolute Gasteiger partial charge is 0.344 e. The number of pyridine rings is 1. The van der Waals surface area contributed by atoms with Crippen molar-refractivity contribution in [2.45, 2.75) is 26.7 Å². The van der Waals surface area contributed by atoms with Gasteiger partial charge in [-0.15, -0.1) is 4.40 Å². The molecule has 0 radical (unpaired) electrons. The zero-order chi connectivity index (χ0) is 22.2. The second-order valence-electron chi connectivity index (χ2n) is 7.94. The molecule has 164 valence electrons. The van der Waals surface area contributed by atoms with Crippen molar-refractivity contribution in [3.05, 3.63) is 52.8 Å². The fourth-order valence-corrected chi connectivity index (χ4v) is 4.92. The number of ether oxygens (including phenoxy) is 1. The van der Waals surface area contributed by atoms with Crippen LogP contribution in [-0.2, 0) is 10.2 Å². The van der Waals surface area contributed by atoms with E-state index in [9.17, 15) is 13.2 Å². The predicted molar refractivity (Wildman–Crippen MR) is 118 cm³/mol. The maximum absolute atomic E-state index is 13.0. The SMILES string of the molecule is Cc1cc(C(=O)N2CCC[C@H](COc3cccc4c3C(N)=NS(=O)(=O)N4)C2)cc(C)n1. The molecule has 1 atom stereocenters. The summed E-state index contributed by atoms with van der Waals surface area (Å²) >= 11 is 0. The summed E-state index contributed by atoms with van der Waals surface area (Å²) in [4.78, 5) is 19.2. The molecule has 0 unspecified atom stereocenters. The first-order valence-corrected chi connectivity index (χ1v) is 11.5. The predicted octanol–water partition coefficient (Wildman–Crippen LogP) is 2.01. The lowest BCUT2D eigenvalue weighted by atomic mass is 9.98. The molecule has 1 aromatic carbocycles. The quantitative estimate of drug-likeness (QED) is 0.744. The van der Waals surface area contributed by atoms with E-state index in [0.717, 1.165) is 24.2 Å². The van der Waals surface area contributed by atoms with Crippen LogP contribution in [0.5, 0.6) is 5.75 Å². The molecule has 3 N–H and O–H groups in total. The van der Waals surface area contributed by atoms with E-state index in [-0.39, 0.29) is 17.7 Å². The summed E-state index contributed by atoms with van der Waals surface area (Å²) in [5.41, 5.74) is 8.95. The number of nitrogens with zero attached hydrogens (tertiary/aromatic N) is 3. The van der Waals surface area contributed by atoms with E-state index >= 15 is 0 Å². The zero-order valence-electron chi connectivity index (χ0n) is 17.5. The number of carbonyl (C=O) groups is 1. The van der Waals surface area contributed by atoms with Gasteiger partial charge in [0, 0.05) is 36.0 Å². The van der Waals surface area contributed by atoms with Gasteiger partial charge in [0.2, 0.25) is 0 Å². The van der Waals surface area contributed by atoms with E-state index in [1.807, 2.05) is 30.9 Å². The van der Waals surface area contributed by atoms with Crippen molar-refractivity contribution >= 4 is 27.6 Å². The monoisotopic (exact) mass is 443 g/mol. The van der Waals surface area contributed by atoms with Gasteiger partial charge in [-0.1, -0.05) is 6.07 Å². The van der Waals surface area contributed by atoms with Crippen molar-refractivity contribution in [2.75, 3.05) is 24.4 Å². The number of hydrogen-bond donors (Lipinski definition) is 2. The highest BCUT2D eigenvalue weighted by Crippen LogP contribution is 2.31. The van der Waals surface area contributed by atoms with E-state index in [2.05, 4.69) is 14.1 Å². The van der Waals surface area contributed by atoms with Gasteiger partial charge in [0.15, 0.2) is 5.84 Å². The summed E-state index contributed by atoms with van der Waals surface area (Å²) in [5, 5.41) is 0. The number of amides is 1. The standard InChI is InChI=1S/C21H25N5O4S/c1-13-9-16(10-14(2)23-13)21(27)26-8-4-5-15(11-26)12-30-18-7-3-6-17-19(18)20(22)25-31(28,29)24-17/h3,6-7,9-10,15,24H,4-5,8,11-12H2,1-2H3,(H2,22,25)/t15-/m0/s1. The molecule has 0 bridgehead atoms. The van der Waals surface area contributed by atoms with Gasteiger partial charge in [-0.25, -0.2) is 0 Å². The molecule has 31 heavy (non-hydrogen) atoms. The van der Waals surface area contributed by atoms with Gasteiger partial charge >= 0.3 is 10.2 Å². The fourth-order valence-electron chi connectivity index (χ4n) is 4.07. The molecule has 0 aliphatic carbocycles. The fraction of sp³-hybridized carbons (Fsp3) is 0.381. The van der Waals surface area contributed by atoms with Gasteiger partial charge in [-0.05, 0) is 51.0 Å². The first-order valence-electron chi connectivity index (χ1n) is 10.1. The number of nitrogens with one attached hydrogen (secondary N) is 1. The minimum Gasteiger partial charge on any atom is -0.492 e. The second kappa shape index (κ2) is 8.18. The minimum absolute atomic E-state index is 0.00109. The van der Waals surface area contributed by atoms with Crippen LogP contribution < -0.4 is 15.2 Å². The number of rotatable bonds is 4. The van der Waals surface area contributed by atoms with Gasteiger partial charge < -0.3 is 15.4 Å². The average Bonchev–Trinajstić information content (AvgIpc) is 2.70. The van der Waals surface area contributed by atoms with Crippen molar-refractivity contribution in [3.8, 4) is 5.75 Å². The molecule has 10 heteroatoms. The van der Waals surface area contributed by atoms with Crippen LogP contribution in [0.2, 0.25) is 0 Å². The lowest BCUT2D eigenvalue weighted by Crippen LogP contribution is -2.41. The van der Waals surface area contributed by atoms with Gasteiger partial charge in [0.1, 0.15) is 5.75 Å². The molecule has 1 fully saturated rings. The van der Waals surface area contributed by atoms with Gasteiger partial charge in [-0.3, -0.25) is 14.5 Å². The molecule has 0 saturated carbocycles. The number of amidine groups is 1. The van der Waals surface area contributed by atoms with Crippen molar-refractivity contribution in [1.29, 1.82) is 0 Å². The first-order chi connectivity index (χ1) is 14.7. The van der Waals surface area contributed by atoms with Crippen LogP contribution >= 0.6 is 0 Å². The van der Waals surface area contributed by atoms with E-state index in [4.69, 9.17) is 10.5 Å². The number of aromatic nitrogens is 1. The third-order valence-electron chi connectivity index (χ3n) is 5.35. The van der Waals surface area contributed by atoms with Gasteiger partial charge in [-0.2, -0.15) is 8.42 Å². The molecular formula is C21H25N5O4S. The van der Waals surface area contributed by atoms with Crippen molar-refractivity contribution in [1.82, 2.24) is 9.88 Å². The first kappa shape index (κ1) is 21.1. The summed E-state index contributed by atoms with van der Waals surface area (Å²) in [6.07, 6.45) is 1.82. The van der Waals surface area contributed by atoms with Crippen LogP contribution in [0.1, 0.15) is 40.2 Å². The molecular weight excluding hydrogens is 418 g/mol. The van der Waals surface area contributed by atoms with E-state index < -0.39 is 10.2 Å². The maximum atomic E-state index is 13.0. The summed E-state index contributed by atoms with van der Waals surface area (Å²) in [5.74, 6) is 0.510. The van der Waals surface area contributed by atoms with E-state index in [1.165, 1.54) is 0 Å². The van der Waals surface area contributed by atoms with Crippen LogP contribution in [0, 0.1) is 19.8 Å². The Morgan fingerprint density at radius 1 is 1.29 bits per heavy atom. The third-order valence-corrected chi connectivity index (χ3v) is 6.26. The summed E-state index contributed by atoms with van der Waals surface area (Å²) < 4.78 is 35.4. The highest BCUT2D eigenvalue weighted by Gasteiger charge is 2.27. The normalized spacial score (nSPS) is 19.7. The largest absolute Gasteiger partial charge is 0.492 e. The highest BCUT2D eigenvalue weighted by molar-refractivity contribution is 7.91. The number of aryl methyl sites for hydroxylation is 2. The Bertz CT molecular complexity index is 1140. The average molecular weight is 444 g/mol. The molecule has 3 heterocycles. The Morgan fingerprint density at radius 2 is 2.03 bits per heavy atom. The molecule has 9 nitrogen and oxygen atoms in total. The summed E-state index contributed by atoms with van der Waals surface area (Å²) in [7, 11) is -3.84. The molecule has 1 amide bonds. The third kappa shape index (κ3) is 4.63. The molecule has 1 aromatic heterocycles. The van der Waals surface area contributed by atoms with Crippen LogP contribution in [0.15, 0.2) is 34.7 Å². The minimum atomic E-state index is -3.84. The van der Waals surface area contributed by atoms with Crippen LogP contribution in [0.3, 0.4) is 0 Å². The Balaban J connectivity index is 1.45. The number of fused-ring (bicyclic) bond motifs is 1. The lowest BCUT2D eigenvalue weighted by Gasteiger charge is -2.33. The number of benzene rings is 1. The van der Waals surface area contributed by atoms with Gasteiger partial charge in [0.05, 0.1) is 17.9 Å². The van der Waals surface area contributed by atoms with E-state index in [0.29, 0.717) is 42.3 Å². The Labute approximate surface area is 181 Å². The number of carbonyl (C=O) groups excluding carboxylic acids is 1. The highest BCUT2D eigenvalue weighted by atomic mass is 32.2. The molecule has 2 aliphatic heterocycles. The molecule has 2 aromatic rings. The molecule has 2 aliphatic rings. The van der Waals surface area contributed by atoms with Crippen molar-refractivity contribution in [2.24, 2.45) is 16.0 Å². The zero-order valence-corrected chi connectivity index (χ0v) is 18.3. The number of nitrogens with two attached hydrogens (primary N) is 1. The van der Waals surface area contributed by atoms with Crippen molar-refractivity contribution in [3.63, 3.8) is 0 Å². The van der Waals surface area contributed by atoms with Crippen LogP contribution in [0.4, 0.5) is 5.69 Å². The maximum Gasteiger partial charge on any atom is 0.344 e. The van der Waals surface area contributed by atoms with Crippen LogP contribution in [-0.4, -0.2) is 49.7 Å². The number of piperidine rings is 1. The van der Waals surface area contributed by atoms with Crippen LogP contribution in [0.25, 0.3) is 0 Å². The number of hydrogen-bond acceptors (Lipinski definition) is 6. The molecule has 0 spiro atoms. The topological polar surface area (TPSA) is 127 Å². The second-order valence-corrected chi connectivity index (χ2v) is 9.28. The number of anilines is 1. The number of likely N-dealkylation sites (tertiary alicyclic amines) is 1.